The third-order valence-electron chi connectivity index (χ3n) is 2.21. The maximum atomic E-state index is 4.07. The largest absolute Gasteiger partial charge is 0.276 e. The van der Waals surface area contributed by atoms with Crippen LogP contribution in [0.5, 0.6) is 0 Å². The minimum Gasteiger partial charge on any atom is -0.276 e. The quantitative estimate of drug-likeness (QED) is 0.729. The maximum Gasteiger partial charge on any atom is 0.0521 e. The van der Waals surface area contributed by atoms with E-state index in [9.17, 15) is 0 Å². The Hall–Kier alpha value is -1.38. The Bertz CT molecular complexity index is 357. The topological polar surface area (TPSA) is 30.2 Å². The molecule has 0 fully saturated rings. The normalized spacial score (nSPS) is 12.8. The highest BCUT2D eigenvalue weighted by molar-refractivity contribution is 5.86. The van der Waals surface area contributed by atoms with Crippen molar-refractivity contribution in [1.82, 2.24) is 9.78 Å². The predicted octanol–water partition coefficient (Wildman–Crippen LogP) is 3.76. The second-order valence-corrected chi connectivity index (χ2v) is 3.89. The molecule has 3 nitrogen and oxygen atoms in total. The highest BCUT2D eigenvalue weighted by Gasteiger charge is 1.97. The molecule has 1 aliphatic rings. The number of aryl methyl sites for hydroxylation is 2. The monoisotopic (exact) mass is 235 g/mol. The van der Waals surface area contributed by atoms with Gasteiger partial charge in [0.15, 0.2) is 0 Å². The van der Waals surface area contributed by atoms with Crippen LogP contribution in [0.15, 0.2) is 29.2 Å². The smallest absolute Gasteiger partial charge is 0.0521 e. The van der Waals surface area contributed by atoms with Crippen molar-refractivity contribution in [2.24, 2.45) is 12.0 Å². The summed E-state index contributed by atoms with van der Waals surface area (Å²) in [7, 11) is 1.93. The molecule has 96 valence electrons. The minimum atomic E-state index is 1.08. The fourth-order valence-electron chi connectivity index (χ4n) is 1.37. The van der Waals surface area contributed by atoms with Gasteiger partial charge in [0.2, 0.25) is 0 Å². The molecule has 0 saturated heterocycles. The Morgan fingerprint density at radius 2 is 1.94 bits per heavy atom. The highest BCUT2D eigenvalue weighted by Crippen LogP contribution is 2.08. The lowest BCUT2D eigenvalue weighted by Crippen LogP contribution is -1.84. The molecule has 0 aromatic carbocycles. The molecule has 1 aromatic rings. The lowest BCUT2D eigenvalue weighted by molar-refractivity contribution is 0.767. The van der Waals surface area contributed by atoms with Crippen LogP contribution in [-0.2, 0) is 13.5 Å². The molecule has 17 heavy (non-hydrogen) atoms. The van der Waals surface area contributed by atoms with Gasteiger partial charge in [-0.15, -0.1) is 0 Å². The van der Waals surface area contributed by atoms with Gasteiger partial charge in [-0.3, -0.25) is 9.67 Å². The maximum absolute atomic E-state index is 4.07. The first kappa shape index (κ1) is 15.6. The van der Waals surface area contributed by atoms with Crippen LogP contribution in [0.2, 0.25) is 0 Å². The molecule has 0 radical (unpaired) electrons. The van der Waals surface area contributed by atoms with E-state index in [-0.39, 0.29) is 0 Å². The van der Waals surface area contributed by atoms with Crippen molar-refractivity contribution in [3.05, 3.63) is 29.7 Å². The van der Waals surface area contributed by atoms with Gasteiger partial charge >= 0.3 is 0 Å². The van der Waals surface area contributed by atoms with Crippen LogP contribution in [0, 0.1) is 0 Å². The van der Waals surface area contributed by atoms with Crippen LogP contribution in [0.1, 0.15) is 46.6 Å². The van der Waals surface area contributed by atoms with E-state index < -0.39 is 0 Å². The van der Waals surface area contributed by atoms with E-state index in [1.165, 1.54) is 16.8 Å². The summed E-state index contributed by atoms with van der Waals surface area (Å²) in [6.07, 6.45) is 8.00. The summed E-state index contributed by atoms with van der Waals surface area (Å²) >= 11 is 0. The molecule has 0 aliphatic carbocycles. The molecule has 0 amide bonds. The summed E-state index contributed by atoms with van der Waals surface area (Å²) in [5.41, 5.74) is 3.91. The molecular weight excluding hydrogens is 210 g/mol. The fourth-order valence-corrected chi connectivity index (χ4v) is 1.37. The third kappa shape index (κ3) is 6.72. The Labute approximate surface area is 105 Å². The van der Waals surface area contributed by atoms with Crippen LogP contribution in [0.3, 0.4) is 0 Å². The number of allylic oxidation sites excluding steroid dienone is 1. The van der Waals surface area contributed by atoms with Gasteiger partial charge in [-0.25, -0.2) is 0 Å². The number of hydrogen-bond donors (Lipinski definition) is 0. The van der Waals surface area contributed by atoms with Crippen molar-refractivity contribution in [3.63, 3.8) is 0 Å². The zero-order valence-corrected chi connectivity index (χ0v) is 12.0. The molecule has 2 heterocycles. The van der Waals surface area contributed by atoms with Gasteiger partial charge in [0.05, 0.1) is 6.20 Å². The number of nitrogens with zero attached hydrogens (tertiary/aromatic N) is 3. The third-order valence-corrected chi connectivity index (χ3v) is 2.21. The number of aliphatic imine (C=N–C) groups is 1. The summed E-state index contributed by atoms with van der Waals surface area (Å²) in [4.78, 5) is 4.07. The van der Waals surface area contributed by atoms with Crippen LogP contribution < -0.4 is 0 Å². The van der Waals surface area contributed by atoms with Crippen LogP contribution in [0.4, 0.5) is 0 Å². The van der Waals surface area contributed by atoms with E-state index in [0.29, 0.717) is 0 Å². The molecule has 0 N–H and O–H groups in total. The van der Waals surface area contributed by atoms with Crippen molar-refractivity contribution in [1.29, 1.82) is 0 Å². The van der Waals surface area contributed by atoms with E-state index in [1.807, 2.05) is 51.1 Å². The predicted molar refractivity (Wildman–Crippen MR) is 75.4 cm³/mol. The standard InChI is InChI=1S/C6H10N2.C6H9N.C2H6/c1-3-6-4-7-8(2)5-6;1-5-3-6(2)7-4-5;1-2/h4-5H,3H2,1-2H3;4H,3H2,1-2H3;1-2H3. The van der Waals surface area contributed by atoms with E-state index in [4.69, 9.17) is 0 Å². The van der Waals surface area contributed by atoms with Crippen molar-refractivity contribution in [2.75, 3.05) is 0 Å². The second kappa shape index (κ2) is 8.74. The van der Waals surface area contributed by atoms with Crippen molar-refractivity contribution >= 4 is 5.71 Å². The fraction of sp³-hybridized carbons (Fsp3) is 0.571. The first-order chi connectivity index (χ1) is 8.11. The Morgan fingerprint density at radius 3 is 2.12 bits per heavy atom. The van der Waals surface area contributed by atoms with E-state index in [2.05, 4.69) is 23.9 Å². The molecule has 1 aliphatic heterocycles. The van der Waals surface area contributed by atoms with Crippen molar-refractivity contribution < 1.29 is 0 Å². The molecule has 0 unspecified atom stereocenters. The number of rotatable bonds is 1. The first-order valence-corrected chi connectivity index (χ1v) is 6.28. The zero-order chi connectivity index (χ0) is 13.3. The number of aromatic nitrogens is 2. The van der Waals surface area contributed by atoms with Gasteiger partial charge in [-0.1, -0.05) is 20.8 Å². The van der Waals surface area contributed by atoms with E-state index in [0.717, 1.165) is 12.8 Å². The van der Waals surface area contributed by atoms with Crippen molar-refractivity contribution in [3.8, 4) is 0 Å². The van der Waals surface area contributed by atoms with E-state index in [1.54, 1.807) is 0 Å². The van der Waals surface area contributed by atoms with Gasteiger partial charge < -0.3 is 0 Å². The highest BCUT2D eigenvalue weighted by atomic mass is 15.2. The Morgan fingerprint density at radius 1 is 1.29 bits per heavy atom. The average Bonchev–Trinajstić information content (AvgIpc) is 2.91. The van der Waals surface area contributed by atoms with Crippen LogP contribution >= 0.6 is 0 Å². The van der Waals surface area contributed by atoms with Gasteiger partial charge in [0.25, 0.3) is 0 Å². The SMILES string of the molecule is CC.CC1=CN=C(C)C1.CCc1cnn(C)c1. The van der Waals surface area contributed by atoms with E-state index >= 15 is 0 Å². The molecular formula is C14H25N3. The van der Waals surface area contributed by atoms with Crippen LogP contribution in [-0.4, -0.2) is 15.5 Å². The molecule has 2 rings (SSSR count). The molecule has 0 saturated carbocycles. The zero-order valence-electron chi connectivity index (χ0n) is 12.0. The Kier molecular flexibility index (Phi) is 8.03. The lowest BCUT2D eigenvalue weighted by atomic mass is 10.2. The van der Waals surface area contributed by atoms with Crippen LogP contribution in [0.25, 0.3) is 0 Å². The Balaban J connectivity index is 0.000000265. The molecule has 1 aromatic heterocycles. The summed E-state index contributed by atoms with van der Waals surface area (Å²) in [5, 5.41) is 4.00. The van der Waals surface area contributed by atoms with Gasteiger partial charge in [0.1, 0.15) is 0 Å². The van der Waals surface area contributed by atoms with Gasteiger partial charge in [-0.2, -0.15) is 5.10 Å². The average molecular weight is 235 g/mol. The van der Waals surface area contributed by atoms with Crippen molar-refractivity contribution in [2.45, 2.75) is 47.5 Å². The molecule has 0 bridgehead atoms. The summed E-state index contributed by atoms with van der Waals surface area (Å²) in [6, 6.07) is 0. The second-order valence-electron chi connectivity index (χ2n) is 3.89. The summed E-state index contributed by atoms with van der Waals surface area (Å²) in [5.74, 6) is 0. The first-order valence-electron chi connectivity index (χ1n) is 6.28. The number of hydrogen-bond acceptors (Lipinski definition) is 2. The van der Waals surface area contributed by atoms with Gasteiger partial charge in [-0.05, 0) is 31.4 Å². The molecule has 3 heteroatoms. The lowest BCUT2D eigenvalue weighted by Gasteiger charge is -1.84. The summed E-state index contributed by atoms with van der Waals surface area (Å²) in [6.45, 7) is 10.3. The van der Waals surface area contributed by atoms with Gasteiger partial charge in [0, 0.05) is 31.6 Å². The molecule has 0 spiro atoms. The minimum absolute atomic E-state index is 1.08. The summed E-state index contributed by atoms with van der Waals surface area (Å²) < 4.78 is 1.82. The molecule has 0 atom stereocenters.